The SMILES string of the molecule is COC(=O)c1ccc(C)c(-n2c(C)cc(C=NNC(=O)Nc3ccccc3C)c2C)c1. The summed E-state index contributed by atoms with van der Waals surface area (Å²) < 4.78 is 6.89. The molecule has 0 spiro atoms. The van der Waals surface area contributed by atoms with E-state index in [4.69, 9.17) is 4.74 Å². The van der Waals surface area contributed by atoms with Crippen molar-refractivity contribution in [2.75, 3.05) is 12.4 Å². The zero-order valence-corrected chi connectivity index (χ0v) is 18.3. The molecule has 0 aliphatic carbocycles. The number of carbonyl (C=O) groups excluding carboxylic acids is 2. The van der Waals surface area contributed by atoms with Gasteiger partial charge in [-0.1, -0.05) is 24.3 Å². The van der Waals surface area contributed by atoms with Crippen molar-refractivity contribution in [3.8, 4) is 5.69 Å². The molecule has 0 atom stereocenters. The molecule has 2 N–H and O–H groups in total. The standard InChI is InChI=1S/C24H26N4O3/c1-15-8-6-7-9-21(15)26-24(30)27-25-14-20-12-17(3)28(18(20)4)22-13-19(23(29)31-5)11-10-16(22)2/h6-14H,1-5H3,(H2,26,27,30). The lowest BCUT2D eigenvalue weighted by Crippen LogP contribution is -2.24. The molecular weight excluding hydrogens is 392 g/mol. The Labute approximate surface area is 181 Å². The van der Waals surface area contributed by atoms with Crippen LogP contribution in [-0.4, -0.2) is 29.9 Å². The van der Waals surface area contributed by atoms with Crippen molar-refractivity contribution >= 4 is 23.9 Å². The van der Waals surface area contributed by atoms with Crippen molar-refractivity contribution in [2.24, 2.45) is 5.10 Å². The lowest BCUT2D eigenvalue weighted by atomic mass is 10.1. The number of amides is 2. The molecule has 7 nitrogen and oxygen atoms in total. The highest BCUT2D eigenvalue weighted by Crippen LogP contribution is 2.24. The van der Waals surface area contributed by atoms with E-state index in [1.807, 2.05) is 70.2 Å². The van der Waals surface area contributed by atoms with Crippen molar-refractivity contribution in [1.29, 1.82) is 0 Å². The second-order valence-electron chi connectivity index (χ2n) is 7.29. The third-order valence-electron chi connectivity index (χ3n) is 5.10. The predicted molar refractivity (Wildman–Crippen MR) is 122 cm³/mol. The number of hydrogen-bond acceptors (Lipinski definition) is 4. The number of nitrogens with zero attached hydrogens (tertiary/aromatic N) is 2. The van der Waals surface area contributed by atoms with Crippen LogP contribution in [0.4, 0.5) is 10.5 Å². The van der Waals surface area contributed by atoms with Gasteiger partial charge in [-0.15, -0.1) is 0 Å². The summed E-state index contributed by atoms with van der Waals surface area (Å²) in [6.45, 7) is 7.85. The van der Waals surface area contributed by atoms with Crippen LogP contribution in [0, 0.1) is 27.7 Å². The normalized spacial score (nSPS) is 10.9. The number of nitrogens with one attached hydrogen (secondary N) is 2. The van der Waals surface area contributed by atoms with Gasteiger partial charge in [-0.2, -0.15) is 5.10 Å². The largest absolute Gasteiger partial charge is 0.465 e. The van der Waals surface area contributed by atoms with Gasteiger partial charge < -0.3 is 14.6 Å². The van der Waals surface area contributed by atoms with E-state index in [1.165, 1.54) is 7.11 Å². The third-order valence-corrected chi connectivity index (χ3v) is 5.10. The van der Waals surface area contributed by atoms with Crippen LogP contribution in [0.15, 0.2) is 53.6 Å². The molecule has 0 bridgehead atoms. The van der Waals surface area contributed by atoms with Crippen LogP contribution >= 0.6 is 0 Å². The maximum absolute atomic E-state index is 12.1. The number of urea groups is 1. The number of ether oxygens (including phenoxy) is 1. The Bertz CT molecular complexity index is 1160. The van der Waals surface area contributed by atoms with Gasteiger partial charge in [-0.05, 0) is 63.1 Å². The number of esters is 1. The van der Waals surface area contributed by atoms with Gasteiger partial charge in [-0.3, -0.25) is 0 Å². The molecule has 160 valence electrons. The van der Waals surface area contributed by atoms with E-state index in [-0.39, 0.29) is 5.97 Å². The molecular formula is C24H26N4O3. The first-order chi connectivity index (χ1) is 14.8. The van der Waals surface area contributed by atoms with E-state index < -0.39 is 6.03 Å². The van der Waals surface area contributed by atoms with Crippen molar-refractivity contribution in [3.63, 3.8) is 0 Å². The van der Waals surface area contributed by atoms with E-state index in [1.54, 1.807) is 12.3 Å². The predicted octanol–water partition coefficient (Wildman–Crippen LogP) is 4.65. The first-order valence-corrected chi connectivity index (χ1v) is 9.85. The van der Waals surface area contributed by atoms with E-state index in [0.29, 0.717) is 5.56 Å². The van der Waals surface area contributed by atoms with Gasteiger partial charge in [0.15, 0.2) is 0 Å². The van der Waals surface area contributed by atoms with E-state index in [2.05, 4.69) is 20.4 Å². The summed E-state index contributed by atoms with van der Waals surface area (Å²) in [5, 5.41) is 6.85. The Morgan fingerprint density at radius 2 is 1.74 bits per heavy atom. The minimum absolute atomic E-state index is 0.380. The maximum Gasteiger partial charge on any atom is 0.339 e. The van der Waals surface area contributed by atoms with Crippen LogP contribution in [0.5, 0.6) is 0 Å². The van der Waals surface area contributed by atoms with Crippen molar-refractivity contribution < 1.29 is 14.3 Å². The third kappa shape index (κ3) is 4.83. The number of rotatable bonds is 5. The van der Waals surface area contributed by atoms with Crippen molar-refractivity contribution in [2.45, 2.75) is 27.7 Å². The molecule has 0 radical (unpaired) electrons. The average Bonchev–Trinajstić information content (AvgIpc) is 3.02. The minimum atomic E-state index is -0.416. The van der Waals surface area contributed by atoms with Crippen LogP contribution in [0.2, 0.25) is 0 Å². The van der Waals surface area contributed by atoms with Gasteiger partial charge >= 0.3 is 12.0 Å². The Morgan fingerprint density at radius 1 is 1.00 bits per heavy atom. The molecule has 2 amide bonds. The van der Waals surface area contributed by atoms with E-state index in [0.717, 1.165) is 39.5 Å². The lowest BCUT2D eigenvalue weighted by Gasteiger charge is -2.14. The molecule has 0 saturated heterocycles. The quantitative estimate of drug-likeness (QED) is 0.359. The number of para-hydroxylation sites is 1. The molecule has 3 aromatic rings. The first-order valence-electron chi connectivity index (χ1n) is 9.85. The molecule has 0 aliphatic heterocycles. The summed E-state index contributed by atoms with van der Waals surface area (Å²) in [7, 11) is 1.37. The van der Waals surface area contributed by atoms with Crippen LogP contribution in [0.3, 0.4) is 0 Å². The van der Waals surface area contributed by atoms with Crippen molar-refractivity contribution in [3.05, 3.63) is 82.2 Å². The Kier molecular flexibility index (Phi) is 6.55. The summed E-state index contributed by atoms with van der Waals surface area (Å²) in [5.41, 5.74) is 9.37. The van der Waals surface area contributed by atoms with Gasteiger partial charge in [0.1, 0.15) is 0 Å². The number of benzene rings is 2. The van der Waals surface area contributed by atoms with Gasteiger partial charge in [0, 0.05) is 28.3 Å². The number of hydrazone groups is 1. The number of hydrogen-bond donors (Lipinski definition) is 2. The maximum atomic E-state index is 12.1. The molecule has 0 unspecified atom stereocenters. The van der Waals surface area contributed by atoms with Crippen LogP contribution in [0.1, 0.15) is 38.4 Å². The number of anilines is 1. The molecule has 0 fully saturated rings. The first kappa shape index (κ1) is 21.8. The molecule has 1 heterocycles. The lowest BCUT2D eigenvalue weighted by molar-refractivity contribution is 0.0600. The highest BCUT2D eigenvalue weighted by atomic mass is 16.5. The summed E-state index contributed by atoms with van der Waals surface area (Å²) in [5.74, 6) is -0.380. The van der Waals surface area contributed by atoms with Crippen LogP contribution in [-0.2, 0) is 4.74 Å². The Morgan fingerprint density at radius 3 is 2.45 bits per heavy atom. The second kappa shape index (κ2) is 9.30. The number of aryl methyl sites for hydroxylation is 3. The topological polar surface area (TPSA) is 84.7 Å². The zero-order chi connectivity index (χ0) is 22.5. The second-order valence-corrected chi connectivity index (χ2v) is 7.29. The molecule has 3 rings (SSSR count). The average molecular weight is 418 g/mol. The monoisotopic (exact) mass is 418 g/mol. The Balaban J connectivity index is 1.80. The Hall–Kier alpha value is -3.87. The molecule has 0 saturated carbocycles. The summed E-state index contributed by atoms with van der Waals surface area (Å²) in [6.07, 6.45) is 1.61. The molecule has 0 aliphatic rings. The van der Waals surface area contributed by atoms with Crippen LogP contribution < -0.4 is 10.7 Å². The fourth-order valence-corrected chi connectivity index (χ4v) is 3.41. The number of methoxy groups -OCH3 is 1. The number of aromatic nitrogens is 1. The highest BCUT2D eigenvalue weighted by Gasteiger charge is 2.14. The van der Waals surface area contributed by atoms with Gasteiger partial charge in [0.2, 0.25) is 0 Å². The zero-order valence-electron chi connectivity index (χ0n) is 18.3. The van der Waals surface area contributed by atoms with Gasteiger partial charge in [-0.25, -0.2) is 15.0 Å². The van der Waals surface area contributed by atoms with E-state index >= 15 is 0 Å². The molecule has 7 heteroatoms. The highest BCUT2D eigenvalue weighted by molar-refractivity contribution is 5.92. The molecule has 2 aromatic carbocycles. The van der Waals surface area contributed by atoms with E-state index in [9.17, 15) is 9.59 Å². The summed E-state index contributed by atoms with van der Waals surface area (Å²) >= 11 is 0. The number of carbonyl (C=O) groups is 2. The van der Waals surface area contributed by atoms with Gasteiger partial charge in [0.05, 0.1) is 18.9 Å². The fourth-order valence-electron chi connectivity index (χ4n) is 3.41. The fraction of sp³-hybridized carbons (Fsp3) is 0.208. The van der Waals surface area contributed by atoms with Crippen molar-refractivity contribution in [1.82, 2.24) is 9.99 Å². The van der Waals surface area contributed by atoms with Crippen LogP contribution in [0.25, 0.3) is 5.69 Å². The van der Waals surface area contributed by atoms with Gasteiger partial charge in [0.25, 0.3) is 0 Å². The summed E-state index contributed by atoms with van der Waals surface area (Å²) in [6, 6.07) is 14.5. The minimum Gasteiger partial charge on any atom is -0.465 e. The molecule has 1 aromatic heterocycles. The molecule has 31 heavy (non-hydrogen) atoms. The smallest absolute Gasteiger partial charge is 0.339 e. The summed E-state index contributed by atoms with van der Waals surface area (Å²) in [4.78, 5) is 24.1.